The average molecular weight is 603 g/mol. The fourth-order valence-corrected chi connectivity index (χ4v) is 11.8. The highest BCUT2D eigenvalue weighted by atomic mass is 28.4. The van der Waals surface area contributed by atoms with E-state index in [1.165, 1.54) is 77.0 Å². The lowest BCUT2D eigenvalue weighted by Crippen LogP contribution is -2.65. The summed E-state index contributed by atoms with van der Waals surface area (Å²) in [4.78, 5) is 25.3. The van der Waals surface area contributed by atoms with Crippen LogP contribution in [-0.2, 0) is 9.53 Å². The number of hydrogen-bond acceptors (Lipinski definition) is 3. The van der Waals surface area contributed by atoms with Crippen LogP contribution in [0.2, 0.25) is 5.04 Å². The Morgan fingerprint density at radius 2 is 1.30 bits per heavy atom. The molecule has 4 rings (SSSR count). The minimum atomic E-state index is -3.10. The van der Waals surface area contributed by atoms with E-state index in [0.29, 0.717) is 30.9 Å². The van der Waals surface area contributed by atoms with Crippen molar-refractivity contribution in [3.63, 3.8) is 0 Å². The molecule has 0 saturated heterocycles. The molecule has 0 spiro atoms. The van der Waals surface area contributed by atoms with Crippen LogP contribution in [0.5, 0.6) is 0 Å². The summed E-state index contributed by atoms with van der Waals surface area (Å²) >= 11 is 0. The molecule has 2 aromatic rings. The molecule has 0 unspecified atom stereocenters. The van der Waals surface area contributed by atoms with Gasteiger partial charge in [-0.05, 0) is 84.0 Å². The molecule has 2 aliphatic rings. The van der Waals surface area contributed by atoms with Crippen molar-refractivity contribution in [1.82, 2.24) is 0 Å². The Bertz CT molecular complexity index is 1070. The maximum Gasteiger partial charge on any atom is 0.333 e. The van der Waals surface area contributed by atoms with Crippen LogP contribution < -0.4 is 10.4 Å². The normalized spacial score (nSPS) is 23.1. The zero-order valence-electron chi connectivity index (χ0n) is 27.4. The lowest BCUT2D eigenvalue weighted by molar-refractivity contribution is -0.139. The van der Waals surface area contributed by atoms with Crippen LogP contribution in [0.15, 0.2) is 72.8 Å². The first-order chi connectivity index (χ1) is 20.7. The van der Waals surface area contributed by atoms with Gasteiger partial charge in [0.2, 0.25) is 0 Å². The third-order valence-electron chi connectivity index (χ3n) is 11.1. The summed E-state index contributed by atoms with van der Waals surface area (Å²) in [5, 5.41) is 1.57. The van der Waals surface area contributed by atoms with Crippen LogP contribution in [0, 0.1) is 23.7 Å². The fraction of sp³-hybridized carbons (Fsp3) is 0.615. The largest absolute Gasteiger partial charge is 0.462 e. The predicted molar refractivity (Wildman–Crippen MR) is 183 cm³/mol. The number of esters is 1. The van der Waals surface area contributed by atoms with Crippen LogP contribution in [-0.4, -0.2) is 25.7 Å². The Morgan fingerprint density at radius 1 is 0.814 bits per heavy atom. The van der Waals surface area contributed by atoms with Crippen molar-refractivity contribution < 1.29 is 14.3 Å². The van der Waals surface area contributed by atoms with E-state index < -0.39 is 13.4 Å². The number of carbonyl (C=O) groups excluding carboxylic acids is 1. The van der Waals surface area contributed by atoms with Gasteiger partial charge in [-0.15, -0.1) is 0 Å². The van der Waals surface area contributed by atoms with Gasteiger partial charge in [0.25, 0.3) is 8.32 Å². The van der Waals surface area contributed by atoms with Crippen molar-refractivity contribution in [1.29, 1.82) is 0 Å². The molecule has 4 heteroatoms. The molecule has 0 radical (unpaired) electrons. The third kappa shape index (κ3) is 8.94. The van der Waals surface area contributed by atoms with Gasteiger partial charge in [-0.3, -0.25) is 0 Å². The number of carbonyl (C=O) groups is 1. The van der Waals surface area contributed by atoms with Gasteiger partial charge < -0.3 is 9.53 Å². The summed E-state index contributed by atoms with van der Waals surface area (Å²) in [7, 11) is -3.10. The molecule has 0 atom stereocenters. The van der Waals surface area contributed by atoms with Gasteiger partial charge >= 0.3 is 5.97 Å². The van der Waals surface area contributed by atoms with Crippen molar-refractivity contribution in [2.24, 2.45) is 23.7 Å². The van der Waals surface area contributed by atoms with Crippen LogP contribution in [0.25, 0.3) is 0 Å². The number of ether oxygens (including phenoxy) is 1. The SMILES string of the molecule is C=C(CCC(C)(C)[Si](O)(c1ccccc1)c1ccccc1)C(=O)OCCC1CCC(C2CCC(CCCCC)CC2)CC1. The third-order valence-corrected chi connectivity index (χ3v) is 15.7. The first-order valence-electron chi connectivity index (χ1n) is 17.4. The number of rotatable bonds is 15. The van der Waals surface area contributed by atoms with Crippen molar-refractivity contribution in [2.45, 2.75) is 122 Å². The van der Waals surface area contributed by atoms with Gasteiger partial charge in [0, 0.05) is 5.57 Å². The molecule has 0 bridgehead atoms. The zero-order chi connectivity index (χ0) is 30.7. The summed E-state index contributed by atoms with van der Waals surface area (Å²) < 4.78 is 5.73. The summed E-state index contributed by atoms with van der Waals surface area (Å²) in [6, 6.07) is 20.1. The first-order valence-corrected chi connectivity index (χ1v) is 19.4. The Morgan fingerprint density at radius 3 is 1.79 bits per heavy atom. The quantitative estimate of drug-likeness (QED) is 0.0958. The molecule has 2 fully saturated rings. The molecular formula is C39H58O3Si. The van der Waals surface area contributed by atoms with E-state index >= 15 is 0 Å². The van der Waals surface area contributed by atoms with Crippen molar-refractivity contribution in [3.05, 3.63) is 72.8 Å². The maximum atomic E-state index is 12.9. The number of benzene rings is 2. The smallest absolute Gasteiger partial charge is 0.333 e. The Hall–Kier alpha value is -2.17. The molecule has 2 aromatic carbocycles. The molecule has 2 saturated carbocycles. The molecule has 3 nitrogen and oxygen atoms in total. The summed E-state index contributed by atoms with van der Waals surface area (Å²) in [6.45, 7) is 11.2. The first kappa shape index (κ1) is 33.7. The van der Waals surface area contributed by atoms with Crippen molar-refractivity contribution in [3.8, 4) is 0 Å². The summed E-state index contributed by atoms with van der Waals surface area (Å²) in [5.41, 5.74) is 0.513. The van der Waals surface area contributed by atoms with Gasteiger partial charge in [0.05, 0.1) is 6.61 Å². The summed E-state index contributed by atoms with van der Waals surface area (Å²) in [6.07, 6.45) is 18.9. The maximum absolute atomic E-state index is 12.9. The molecule has 236 valence electrons. The number of unbranched alkanes of at least 4 members (excludes halogenated alkanes) is 2. The predicted octanol–water partition coefficient (Wildman–Crippen LogP) is 8.98. The molecule has 0 heterocycles. The van der Waals surface area contributed by atoms with Gasteiger partial charge in [0.1, 0.15) is 0 Å². The van der Waals surface area contributed by atoms with Gasteiger partial charge in [-0.25, -0.2) is 4.79 Å². The highest BCUT2D eigenvalue weighted by molar-refractivity contribution is 6.98. The van der Waals surface area contributed by atoms with E-state index in [4.69, 9.17) is 4.74 Å². The molecule has 43 heavy (non-hydrogen) atoms. The van der Waals surface area contributed by atoms with Crippen LogP contribution in [0.1, 0.15) is 117 Å². The lowest BCUT2D eigenvalue weighted by Gasteiger charge is -2.41. The van der Waals surface area contributed by atoms with E-state index in [2.05, 4.69) is 27.4 Å². The Kier molecular flexibility index (Phi) is 12.7. The minimum absolute atomic E-state index is 0.273. The van der Waals surface area contributed by atoms with Crippen molar-refractivity contribution in [2.75, 3.05) is 6.61 Å². The topological polar surface area (TPSA) is 46.5 Å². The highest BCUT2D eigenvalue weighted by Crippen LogP contribution is 2.43. The van der Waals surface area contributed by atoms with E-state index in [-0.39, 0.29) is 5.97 Å². The fourth-order valence-electron chi connectivity index (χ4n) is 8.05. The zero-order valence-corrected chi connectivity index (χ0v) is 28.4. The summed E-state index contributed by atoms with van der Waals surface area (Å²) in [5.74, 6) is 3.28. The molecule has 0 aromatic heterocycles. The molecule has 0 aliphatic heterocycles. The second-order valence-corrected chi connectivity index (χ2v) is 18.3. The molecular weight excluding hydrogens is 545 g/mol. The number of hydrogen-bond donors (Lipinski definition) is 1. The molecule has 2 aliphatic carbocycles. The minimum Gasteiger partial charge on any atom is -0.462 e. The van der Waals surface area contributed by atoms with Crippen LogP contribution in [0.3, 0.4) is 0 Å². The molecule has 1 N–H and O–H groups in total. The molecule has 0 amide bonds. The van der Waals surface area contributed by atoms with Gasteiger partial charge in [-0.2, -0.15) is 0 Å². The standard InChI is InChI=1S/C39H58O3Si/c1-5-6-9-14-32-19-23-34(24-20-32)35-25-21-33(22-26-35)28-30-42-38(40)31(2)27-29-39(3,4)43(41,36-15-10-7-11-16-36)37-17-12-8-13-18-37/h7-8,10-13,15-18,32-35,41H,2,5-6,9,14,19-30H2,1,3-4H3. The average Bonchev–Trinajstić information content (AvgIpc) is 3.04. The highest BCUT2D eigenvalue weighted by Gasteiger charge is 2.49. The van der Waals surface area contributed by atoms with Gasteiger partial charge in [-0.1, -0.05) is 139 Å². The van der Waals surface area contributed by atoms with Gasteiger partial charge in [0.15, 0.2) is 0 Å². The second-order valence-electron chi connectivity index (χ2n) is 14.4. The monoisotopic (exact) mass is 602 g/mol. The second kappa shape index (κ2) is 16.2. The lowest BCUT2D eigenvalue weighted by atomic mass is 9.68. The van der Waals surface area contributed by atoms with Crippen LogP contribution in [0.4, 0.5) is 0 Å². The Balaban J connectivity index is 1.18. The van der Waals surface area contributed by atoms with Crippen LogP contribution >= 0.6 is 0 Å². The van der Waals surface area contributed by atoms with Crippen molar-refractivity contribution >= 4 is 24.7 Å². The van der Waals surface area contributed by atoms with E-state index in [9.17, 15) is 9.59 Å². The van der Waals surface area contributed by atoms with E-state index in [0.717, 1.165) is 34.5 Å². The van der Waals surface area contributed by atoms with E-state index in [1.807, 2.05) is 60.7 Å². The van der Waals surface area contributed by atoms with E-state index in [1.54, 1.807) is 0 Å². The Labute approximate surface area is 263 Å².